The topological polar surface area (TPSA) is 145 Å². The first kappa shape index (κ1) is 33.7. The number of hydrogen-bond acceptors (Lipinski definition) is 12. The molecule has 266 valence electrons. The van der Waals surface area contributed by atoms with E-state index in [0.717, 1.165) is 93.8 Å². The van der Waals surface area contributed by atoms with Crippen molar-refractivity contribution in [3.63, 3.8) is 0 Å². The summed E-state index contributed by atoms with van der Waals surface area (Å²) in [7, 11) is 0. The van der Waals surface area contributed by atoms with Crippen molar-refractivity contribution in [1.82, 2.24) is 25.0 Å². The van der Waals surface area contributed by atoms with Gasteiger partial charge < -0.3 is 44.1 Å². The van der Waals surface area contributed by atoms with Crippen molar-refractivity contribution in [2.45, 2.75) is 57.9 Å². The summed E-state index contributed by atoms with van der Waals surface area (Å²) in [5.74, 6) is 2.65. The van der Waals surface area contributed by atoms with Gasteiger partial charge >= 0.3 is 5.97 Å². The molecule has 0 spiro atoms. The van der Waals surface area contributed by atoms with Gasteiger partial charge in [-0.1, -0.05) is 26.0 Å². The molecule has 0 aliphatic carbocycles. The number of likely N-dealkylation sites (tertiary alicyclic amines) is 1. The molecule has 0 radical (unpaired) electrons. The molecule has 13 heteroatoms. The molecule has 7 rings (SSSR count). The van der Waals surface area contributed by atoms with Crippen molar-refractivity contribution in [2.24, 2.45) is 5.92 Å². The Labute approximate surface area is 293 Å². The standard InChI is InChI=1S/C37H48N8O5/c1-4-48-36(47)34(24(2)3)32-19-33(42-50-32)49-17-7-12-43-13-10-25(11-14-43)26-20-39-37(40-21-26)44-15-16-45-27(23-44)22-38-35-30(45)18-29(41-35)28-8-5-6-9-31(28)46/h5-6,8-9,18-21,24-25,27,34,38,41,46H,4,7,10-17,22-23H2,1-3H3/t27-,34?/m1/s1. The summed E-state index contributed by atoms with van der Waals surface area (Å²) in [5.41, 5.74) is 4.07. The number of para-hydroxylation sites is 1. The summed E-state index contributed by atoms with van der Waals surface area (Å²) >= 11 is 0. The number of ether oxygens (including phenoxy) is 2. The first-order valence-electron chi connectivity index (χ1n) is 17.9. The van der Waals surface area contributed by atoms with Crippen LogP contribution in [0.2, 0.25) is 0 Å². The summed E-state index contributed by atoms with van der Waals surface area (Å²) in [6, 6.07) is 11.6. The summed E-state index contributed by atoms with van der Waals surface area (Å²) in [5, 5.41) is 17.9. The zero-order valence-corrected chi connectivity index (χ0v) is 29.2. The fraction of sp³-hybridized carbons (Fsp3) is 0.514. The zero-order valence-electron chi connectivity index (χ0n) is 29.2. The molecule has 1 unspecified atom stereocenters. The van der Waals surface area contributed by atoms with Crippen molar-refractivity contribution < 1.29 is 23.9 Å². The lowest BCUT2D eigenvalue weighted by atomic mass is 9.91. The number of nitrogens with zero attached hydrogens (tertiary/aromatic N) is 6. The van der Waals surface area contributed by atoms with Crippen LogP contribution in [0.15, 0.2) is 53.3 Å². The SMILES string of the molecule is CCOC(=O)C(c1cc(OCCCN2CCC(c3cnc(N4CCN5c6cc(-c7ccccc7O)[nH]c6NC[C@@H]5C4)nc3)CC2)no1)C(C)C. The quantitative estimate of drug-likeness (QED) is 0.133. The highest BCUT2D eigenvalue weighted by molar-refractivity contribution is 5.81. The average Bonchev–Trinajstić information content (AvgIpc) is 3.78. The first-order chi connectivity index (χ1) is 24.4. The molecule has 2 atom stereocenters. The number of phenolic OH excluding ortho intramolecular Hbond substituents is 1. The Kier molecular flexibility index (Phi) is 10.1. The van der Waals surface area contributed by atoms with E-state index in [1.54, 1.807) is 19.1 Å². The van der Waals surface area contributed by atoms with Crippen LogP contribution in [-0.2, 0) is 9.53 Å². The van der Waals surface area contributed by atoms with Crippen molar-refractivity contribution in [1.29, 1.82) is 0 Å². The van der Waals surface area contributed by atoms with E-state index in [4.69, 9.17) is 24.0 Å². The molecular formula is C37H48N8O5. The first-order valence-corrected chi connectivity index (χ1v) is 17.9. The van der Waals surface area contributed by atoms with Gasteiger partial charge in [0.15, 0.2) is 5.76 Å². The van der Waals surface area contributed by atoms with E-state index in [9.17, 15) is 9.90 Å². The lowest BCUT2D eigenvalue weighted by molar-refractivity contribution is -0.146. The highest BCUT2D eigenvalue weighted by Gasteiger charge is 2.34. The van der Waals surface area contributed by atoms with E-state index in [2.05, 4.69) is 36.2 Å². The van der Waals surface area contributed by atoms with Gasteiger partial charge in [0.1, 0.15) is 17.5 Å². The maximum Gasteiger partial charge on any atom is 0.317 e. The normalized spacial score (nSPS) is 18.8. The highest BCUT2D eigenvalue weighted by Crippen LogP contribution is 2.39. The number of hydrogen-bond donors (Lipinski definition) is 3. The number of anilines is 3. The average molecular weight is 685 g/mol. The van der Waals surface area contributed by atoms with Gasteiger partial charge in [-0.15, -0.1) is 0 Å². The second kappa shape index (κ2) is 15.0. The van der Waals surface area contributed by atoms with E-state index >= 15 is 0 Å². The largest absolute Gasteiger partial charge is 0.507 e. The minimum atomic E-state index is -0.491. The maximum atomic E-state index is 12.4. The van der Waals surface area contributed by atoms with Crippen LogP contribution in [0, 0.1) is 5.92 Å². The highest BCUT2D eigenvalue weighted by atomic mass is 16.5. The minimum absolute atomic E-state index is 0.0283. The molecule has 50 heavy (non-hydrogen) atoms. The predicted octanol–water partition coefficient (Wildman–Crippen LogP) is 5.24. The third-order valence-electron chi connectivity index (χ3n) is 10.2. The fourth-order valence-electron chi connectivity index (χ4n) is 7.50. The van der Waals surface area contributed by atoms with Gasteiger partial charge in [-0.25, -0.2) is 9.97 Å². The Balaban J connectivity index is 0.850. The van der Waals surface area contributed by atoms with Gasteiger partial charge in [-0.2, -0.15) is 0 Å². The summed E-state index contributed by atoms with van der Waals surface area (Å²) < 4.78 is 16.5. The van der Waals surface area contributed by atoms with Crippen LogP contribution in [0.3, 0.4) is 0 Å². The number of phenols is 1. The number of aromatic nitrogens is 4. The van der Waals surface area contributed by atoms with Gasteiger partial charge in [0.2, 0.25) is 5.95 Å². The molecule has 3 N–H and O–H groups in total. The molecule has 13 nitrogen and oxygen atoms in total. The van der Waals surface area contributed by atoms with Gasteiger partial charge in [-0.3, -0.25) is 4.79 Å². The third-order valence-corrected chi connectivity index (χ3v) is 10.2. The van der Waals surface area contributed by atoms with E-state index in [0.29, 0.717) is 36.8 Å². The second-order valence-corrected chi connectivity index (χ2v) is 13.8. The van der Waals surface area contributed by atoms with Crippen LogP contribution >= 0.6 is 0 Å². The number of piperidine rings is 1. The van der Waals surface area contributed by atoms with E-state index < -0.39 is 5.92 Å². The molecule has 0 amide bonds. The van der Waals surface area contributed by atoms with Crippen molar-refractivity contribution in [3.05, 3.63) is 60.1 Å². The number of carbonyl (C=O) groups is 1. The summed E-state index contributed by atoms with van der Waals surface area (Å²) in [4.78, 5) is 32.7. The van der Waals surface area contributed by atoms with Crippen LogP contribution < -0.4 is 19.9 Å². The van der Waals surface area contributed by atoms with Crippen LogP contribution in [0.4, 0.5) is 17.5 Å². The Morgan fingerprint density at radius 2 is 1.90 bits per heavy atom. The van der Waals surface area contributed by atoms with Crippen molar-refractivity contribution in [3.8, 4) is 22.9 Å². The molecule has 2 saturated heterocycles. The fourth-order valence-corrected chi connectivity index (χ4v) is 7.50. The number of H-pyrrole nitrogens is 1. The number of piperazine rings is 1. The number of nitrogens with one attached hydrogen (secondary N) is 2. The number of esters is 1. The second-order valence-electron chi connectivity index (χ2n) is 13.8. The Morgan fingerprint density at radius 3 is 2.66 bits per heavy atom. The minimum Gasteiger partial charge on any atom is -0.507 e. The van der Waals surface area contributed by atoms with Gasteiger partial charge in [-0.05, 0) is 80.0 Å². The zero-order chi connectivity index (χ0) is 34.6. The maximum absolute atomic E-state index is 12.4. The Morgan fingerprint density at radius 1 is 1.10 bits per heavy atom. The molecule has 2 fully saturated rings. The molecule has 1 aromatic carbocycles. The molecule has 6 heterocycles. The monoisotopic (exact) mass is 684 g/mol. The smallest absolute Gasteiger partial charge is 0.317 e. The lowest BCUT2D eigenvalue weighted by Crippen LogP contribution is -2.58. The lowest BCUT2D eigenvalue weighted by Gasteiger charge is -2.45. The molecule has 0 bridgehead atoms. The van der Waals surface area contributed by atoms with Gasteiger partial charge in [0, 0.05) is 56.7 Å². The van der Waals surface area contributed by atoms with Crippen molar-refractivity contribution >= 4 is 23.4 Å². The molecular weight excluding hydrogens is 636 g/mol. The molecule has 4 aromatic rings. The molecule has 3 aliphatic rings. The van der Waals surface area contributed by atoms with Crippen LogP contribution in [-0.4, -0.2) is 101 Å². The number of rotatable bonds is 12. The third kappa shape index (κ3) is 7.23. The molecule has 0 saturated carbocycles. The predicted molar refractivity (Wildman–Crippen MR) is 191 cm³/mol. The van der Waals surface area contributed by atoms with Gasteiger partial charge in [0.05, 0.1) is 30.6 Å². The van der Waals surface area contributed by atoms with Gasteiger partial charge in [0.25, 0.3) is 5.88 Å². The number of carbonyl (C=O) groups excluding carboxylic acids is 1. The Hall–Kier alpha value is -4.78. The van der Waals surface area contributed by atoms with Crippen LogP contribution in [0.25, 0.3) is 11.3 Å². The number of aromatic amines is 1. The molecule has 3 aromatic heterocycles. The number of fused-ring (bicyclic) bond motifs is 3. The Bertz CT molecular complexity index is 1730. The molecule has 3 aliphatic heterocycles. The van der Waals surface area contributed by atoms with Crippen LogP contribution in [0.5, 0.6) is 11.6 Å². The summed E-state index contributed by atoms with van der Waals surface area (Å²) in [6.07, 6.45) is 7.10. The van der Waals surface area contributed by atoms with E-state index in [1.807, 2.05) is 44.4 Å². The van der Waals surface area contributed by atoms with Crippen LogP contribution in [0.1, 0.15) is 63.2 Å². The summed E-state index contributed by atoms with van der Waals surface area (Å²) in [6.45, 7) is 13.0. The number of aromatic hydroxyl groups is 1. The number of benzene rings is 1. The van der Waals surface area contributed by atoms with E-state index in [1.165, 1.54) is 5.56 Å². The van der Waals surface area contributed by atoms with E-state index in [-0.39, 0.29) is 17.6 Å². The van der Waals surface area contributed by atoms with Crippen molar-refractivity contribution in [2.75, 3.05) is 74.1 Å².